The molecule has 1 aromatic carbocycles. The Morgan fingerprint density at radius 3 is 2.65 bits per heavy atom. The number of guanidine groups is 1. The zero-order valence-corrected chi connectivity index (χ0v) is 18.6. The topological polar surface area (TPSA) is 65.5 Å². The molecule has 5 nitrogen and oxygen atoms in total. The van der Waals surface area contributed by atoms with Crippen LogP contribution in [0.2, 0.25) is 5.02 Å². The smallest absolute Gasteiger partial charge is 0.242 e. The van der Waals surface area contributed by atoms with Crippen molar-refractivity contribution in [2.75, 3.05) is 13.1 Å². The van der Waals surface area contributed by atoms with E-state index in [1.165, 1.54) is 6.07 Å². The first-order valence-corrected chi connectivity index (χ1v) is 8.89. The molecule has 2 atom stereocenters. The standard InChI is InChI=1S/C18H26ClFN4O.HI/c1-5-21-17(22-10-15(25)24-18(2,3)4)23-14-9-11(14)16-12(19)7-6-8-13(16)20;/h6-8,11,14H,5,9-10H2,1-4H3,(H,24,25)(H2,21,22,23);1H. The van der Waals surface area contributed by atoms with Crippen molar-refractivity contribution in [2.24, 2.45) is 4.99 Å². The second-order valence-corrected chi connectivity index (χ2v) is 7.63. The van der Waals surface area contributed by atoms with E-state index >= 15 is 0 Å². The van der Waals surface area contributed by atoms with E-state index in [-0.39, 0.29) is 59.7 Å². The molecule has 2 unspecified atom stereocenters. The van der Waals surface area contributed by atoms with Crippen LogP contribution < -0.4 is 16.0 Å². The maximum absolute atomic E-state index is 14.0. The van der Waals surface area contributed by atoms with Crippen molar-refractivity contribution in [1.82, 2.24) is 16.0 Å². The minimum Gasteiger partial charge on any atom is -0.357 e. The lowest BCUT2D eigenvalue weighted by atomic mass is 10.1. The summed E-state index contributed by atoms with van der Waals surface area (Å²) in [5, 5.41) is 9.66. The molecule has 0 heterocycles. The molecule has 0 aromatic heterocycles. The van der Waals surface area contributed by atoms with Gasteiger partial charge in [-0.05, 0) is 46.2 Å². The summed E-state index contributed by atoms with van der Waals surface area (Å²) in [6.45, 7) is 8.42. The first-order valence-electron chi connectivity index (χ1n) is 8.51. The van der Waals surface area contributed by atoms with Gasteiger partial charge in [0.05, 0.1) is 0 Å². The third-order valence-corrected chi connectivity index (χ3v) is 4.05. The van der Waals surface area contributed by atoms with Crippen LogP contribution in [-0.2, 0) is 4.79 Å². The molecule has 0 bridgehead atoms. The summed E-state index contributed by atoms with van der Waals surface area (Å²) in [5.74, 6) is 0.134. The zero-order valence-electron chi connectivity index (χ0n) is 15.5. The van der Waals surface area contributed by atoms with E-state index in [0.29, 0.717) is 23.1 Å². The van der Waals surface area contributed by atoms with Gasteiger partial charge in [0.2, 0.25) is 5.91 Å². The highest BCUT2D eigenvalue weighted by molar-refractivity contribution is 14.0. The van der Waals surface area contributed by atoms with Crippen molar-refractivity contribution in [2.45, 2.75) is 51.6 Å². The Labute approximate surface area is 176 Å². The van der Waals surface area contributed by atoms with Gasteiger partial charge in [-0.3, -0.25) is 4.79 Å². The van der Waals surface area contributed by atoms with Crippen LogP contribution in [0, 0.1) is 5.82 Å². The Morgan fingerprint density at radius 1 is 1.38 bits per heavy atom. The maximum Gasteiger partial charge on any atom is 0.242 e. The van der Waals surface area contributed by atoms with E-state index < -0.39 is 0 Å². The number of nitrogens with zero attached hydrogens (tertiary/aromatic N) is 1. The predicted octanol–water partition coefficient (Wildman–Crippen LogP) is 3.42. The molecular weight excluding hydrogens is 470 g/mol. The highest BCUT2D eigenvalue weighted by Crippen LogP contribution is 2.44. The van der Waals surface area contributed by atoms with Gasteiger partial charge in [-0.1, -0.05) is 17.7 Å². The van der Waals surface area contributed by atoms with Crippen LogP contribution in [-0.4, -0.2) is 36.5 Å². The molecule has 26 heavy (non-hydrogen) atoms. The van der Waals surface area contributed by atoms with Gasteiger partial charge in [0.15, 0.2) is 5.96 Å². The quantitative estimate of drug-likeness (QED) is 0.332. The Hall–Kier alpha value is -1.09. The van der Waals surface area contributed by atoms with Crippen LogP contribution in [0.5, 0.6) is 0 Å². The van der Waals surface area contributed by atoms with Crippen molar-refractivity contribution < 1.29 is 9.18 Å². The number of carbonyl (C=O) groups excluding carboxylic acids is 1. The lowest BCUT2D eigenvalue weighted by molar-refractivity contribution is -0.121. The lowest BCUT2D eigenvalue weighted by Crippen LogP contribution is -2.43. The number of halogens is 3. The van der Waals surface area contributed by atoms with Gasteiger partial charge in [0.25, 0.3) is 0 Å². The Kier molecular flexibility index (Phi) is 8.59. The van der Waals surface area contributed by atoms with Gasteiger partial charge in [-0.2, -0.15) is 0 Å². The summed E-state index contributed by atoms with van der Waals surface area (Å²) >= 11 is 6.13. The van der Waals surface area contributed by atoms with E-state index in [4.69, 9.17) is 11.6 Å². The highest BCUT2D eigenvalue weighted by atomic mass is 127. The monoisotopic (exact) mass is 496 g/mol. The molecular formula is C18H27ClFIN4O. The fourth-order valence-electron chi connectivity index (χ4n) is 2.64. The molecule has 1 aromatic rings. The minimum absolute atomic E-state index is 0. The molecule has 1 amide bonds. The molecule has 1 fully saturated rings. The van der Waals surface area contributed by atoms with Crippen molar-refractivity contribution in [1.29, 1.82) is 0 Å². The summed E-state index contributed by atoms with van der Waals surface area (Å²) in [7, 11) is 0. The molecule has 1 aliphatic carbocycles. The van der Waals surface area contributed by atoms with E-state index in [2.05, 4.69) is 20.9 Å². The van der Waals surface area contributed by atoms with E-state index in [1.54, 1.807) is 12.1 Å². The van der Waals surface area contributed by atoms with Crippen LogP contribution in [0.25, 0.3) is 0 Å². The number of aliphatic imine (C=N–C) groups is 1. The highest BCUT2D eigenvalue weighted by Gasteiger charge is 2.41. The second-order valence-electron chi connectivity index (χ2n) is 7.22. The molecule has 0 spiro atoms. The Balaban J connectivity index is 0.00000338. The first-order chi connectivity index (χ1) is 11.7. The van der Waals surface area contributed by atoms with Crippen LogP contribution in [0.15, 0.2) is 23.2 Å². The summed E-state index contributed by atoms with van der Waals surface area (Å²) in [5.41, 5.74) is 0.254. The van der Waals surface area contributed by atoms with Crippen molar-refractivity contribution in [3.05, 3.63) is 34.6 Å². The predicted molar refractivity (Wildman–Crippen MR) is 115 cm³/mol. The molecule has 1 saturated carbocycles. The average Bonchev–Trinajstić information content (AvgIpc) is 3.22. The SMILES string of the molecule is CCNC(=NCC(=O)NC(C)(C)C)NC1CC1c1c(F)cccc1Cl.I. The third-order valence-electron chi connectivity index (χ3n) is 3.72. The fourth-order valence-corrected chi connectivity index (χ4v) is 2.95. The molecule has 8 heteroatoms. The fraction of sp³-hybridized carbons (Fsp3) is 0.556. The normalized spacial score (nSPS) is 19.4. The van der Waals surface area contributed by atoms with Crippen LogP contribution in [0.3, 0.4) is 0 Å². The van der Waals surface area contributed by atoms with Gasteiger partial charge in [-0.25, -0.2) is 9.38 Å². The average molecular weight is 497 g/mol. The molecule has 0 radical (unpaired) electrons. The Morgan fingerprint density at radius 2 is 2.08 bits per heavy atom. The van der Waals surface area contributed by atoms with E-state index in [1.807, 2.05) is 27.7 Å². The van der Waals surface area contributed by atoms with Crippen LogP contribution in [0.4, 0.5) is 4.39 Å². The number of hydrogen-bond donors (Lipinski definition) is 3. The molecule has 1 aliphatic rings. The lowest BCUT2D eigenvalue weighted by Gasteiger charge is -2.20. The number of amides is 1. The van der Waals surface area contributed by atoms with E-state index in [9.17, 15) is 9.18 Å². The van der Waals surface area contributed by atoms with Crippen molar-refractivity contribution >= 4 is 47.4 Å². The minimum atomic E-state index is -0.290. The molecule has 2 rings (SSSR count). The van der Waals surface area contributed by atoms with Gasteiger partial charge < -0.3 is 16.0 Å². The van der Waals surface area contributed by atoms with Crippen molar-refractivity contribution in [3.8, 4) is 0 Å². The number of benzene rings is 1. The molecule has 0 aliphatic heterocycles. The number of nitrogens with one attached hydrogen (secondary N) is 3. The first kappa shape index (κ1) is 23.0. The van der Waals surface area contributed by atoms with Crippen LogP contribution in [0.1, 0.15) is 45.6 Å². The number of rotatable bonds is 5. The zero-order chi connectivity index (χ0) is 18.6. The van der Waals surface area contributed by atoms with Crippen LogP contribution >= 0.6 is 35.6 Å². The van der Waals surface area contributed by atoms with Gasteiger partial charge in [-0.15, -0.1) is 24.0 Å². The second kappa shape index (κ2) is 9.73. The maximum atomic E-state index is 14.0. The summed E-state index contributed by atoms with van der Waals surface area (Å²) in [4.78, 5) is 16.2. The van der Waals surface area contributed by atoms with Gasteiger partial charge in [0, 0.05) is 34.6 Å². The summed E-state index contributed by atoms with van der Waals surface area (Å²) in [6, 6.07) is 4.78. The summed E-state index contributed by atoms with van der Waals surface area (Å²) < 4.78 is 14.0. The molecule has 3 N–H and O–H groups in total. The molecule has 0 saturated heterocycles. The number of hydrogen-bond acceptors (Lipinski definition) is 2. The number of carbonyl (C=O) groups is 1. The van der Waals surface area contributed by atoms with Gasteiger partial charge in [0.1, 0.15) is 12.4 Å². The molecule has 146 valence electrons. The van der Waals surface area contributed by atoms with Crippen molar-refractivity contribution in [3.63, 3.8) is 0 Å². The summed E-state index contributed by atoms with van der Waals surface area (Å²) in [6.07, 6.45) is 0.777. The Bertz CT molecular complexity index is 643. The largest absolute Gasteiger partial charge is 0.357 e. The van der Waals surface area contributed by atoms with Gasteiger partial charge >= 0.3 is 0 Å². The van der Waals surface area contributed by atoms with E-state index in [0.717, 1.165) is 6.42 Å². The third kappa shape index (κ3) is 6.90.